The van der Waals surface area contributed by atoms with Crippen LogP contribution in [-0.4, -0.2) is 43.6 Å². The summed E-state index contributed by atoms with van der Waals surface area (Å²) < 4.78 is 28.3. The lowest BCUT2D eigenvalue weighted by Gasteiger charge is -2.29. The van der Waals surface area contributed by atoms with E-state index in [9.17, 15) is 18.0 Å². The van der Waals surface area contributed by atoms with Crippen molar-refractivity contribution in [2.45, 2.75) is 56.5 Å². The molecule has 1 aliphatic rings. The lowest BCUT2D eigenvalue weighted by molar-refractivity contribution is -0.139. The average Bonchev–Trinajstić information content (AvgIpc) is 3.23. The van der Waals surface area contributed by atoms with Gasteiger partial charge in [0.15, 0.2) is 5.78 Å². The highest BCUT2D eigenvalue weighted by atomic mass is 35.5. The number of nitrogens with one attached hydrogen (secondary N) is 1. The van der Waals surface area contributed by atoms with Gasteiger partial charge in [0.05, 0.1) is 10.9 Å². The van der Waals surface area contributed by atoms with Crippen LogP contribution in [0.3, 0.4) is 0 Å². The predicted molar refractivity (Wildman–Crippen MR) is 125 cm³/mol. The van der Waals surface area contributed by atoms with Crippen LogP contribution in [0.1, 0.15) is 38.7 Å². The van der Waals surface area contributed by atoms with Crippen molar-refractivity contribution in [2.75, 3.05) is 6.54 Å². The van der Waals surface area contributed by atoms with Crippen LogP contribution < -0.4 is 4.72 Å². The van der Waals surface area contributed by atoms with Gasteiger partial charge in [-0.25, -0.2) is 8.42 Å². The Labute approximate surface area is 195 Å². The minimum atomic E-state index is -3.87. The van der Waals surface area contributed by atoms with Gasteiger partial charge in [0.1, 0.15) is 6.04 Å². The Hall–Kier alpha value is -2.22. The van der Waals surface area contributed by atoms with Crippen LogP contribution >= 0.6 is 11.6 Å². The van der Waals surface area contributed by atoms with Crippen molar-refractivity contribution in [3.05, 3.63) is 65.2 Å². The van der Waals surface area contributed by atoms with Crippen molar-refractivity contribution < 1.29 is 18.0 Å². The average molecular weight is 477 g/mol. The zero-order valence-corrected chi connectivity index (χ0v) is 19.9. The smallest absolute Gasteiger partial charge is 0.241 e. The molecule has 8 heteroatoms. The van der Waals surface area contributed by atoms with Crippen LogP contribution in [0.2, 0.25) is 5.02 Å². The van der Waals surface area contributed by atoms with Gasteiger partial charge in [0, 0.05) is 18.0 Å². The second-order valence-corrected chi connectivity index (χ2v) is 10.7. The SMILES string of the molecule is CC(C)C[C@@H](NS(=O)(=O)c1ccccc1)C(=O)N1CCC[C@H]1C(=O)Cc1cccc(Cl)c1. The van der Waals surface area contributed by atoms with Crippen molar-refractivity contribution in [3.63, 3.8) is 0 Å². The van der Waals surface area contributed by atoms with Crippen LogP contribution in [0.4, 0.5) is 0 Å². The predicted octanol–water partition coefficient (Wildman–Crippen LogP) is 3.84. The van der Waals surface area contributed by atoms with E-state index in [4.69, 9.17) is 11.6 Å². The van der Waals surface area contributed by atoms with E-state index < -0.39 is 22.1 Å². The van der Waals surface area contributed by atoms with E-state index in [1.807, 2.05) is 19.9 Å². The Balaban J connectivity index is 1.78. The van der Waals surface area contributed by atoms with Gasteiger partial charge in [-0.3, -0.25) is 9.59 Å². The number of sulfonamides is 1. The van der Waals surface area contributed by atoms with Crippen molar-refractivity contribution in [2.24, 2.45) is 5.92 Å². The van der Waals surface area contributed by atoms with Gasteiger partial charge in [-0.2, -0.15) is 4.72 Å². The van der Waals surface area contributed by atoms with Gasteiger partial charge in [-0.1, -0.05) is 55.8 Å². The Morgan fingerprint density at radius 1 is 1.12 bits per heavy atom. The molecule has 2 aromatic rings. The van der Waals surface area contributed by atoms with Crippen molar-refractivity contribution in [1.82, 2.24) is 9.62 Å². The number of ketones is 1. The Morgan fingerprint density at radius 3 is 2.50 bits per heavy atom. The van der Waals surface area contributed by atoms with E-state index in [0.717, 1.165) is 5.56 Å². The number of hydrogen-bond acceptors (Lipinski definition) is 4. The fraction of sp³-hybridized carbons (Fsp3) is 0.417. The van der Waals surface area contributed by atoms with Gasteiger partial charge in [-0.15, -0.1) is 0 Å². The second kappa shape index (κ2) is 10.6. The molecule has 1 aliphatic heterocycles. The van der Waals surface area contributed by atoms with Crippen LogP contribution in [0.25, 0.3) is 0 Å². The maximum absolute atomic E-state index is 13.4. The Kier molecular flexibility index (Phi) is 8.09. The number of nitrogens with zero attached hydrogens (tertiary/aromatic N) is 1. The summed E-state index contributed by atoms with van der Waals surface area (Å²) in [5.41, 5.74) is 0.797. The summed E-state index contributed by atoms with van der Waals surface area (Å²) in [5.74, 6) is -0.321. The number of rotatable bonds is 9. The highest BCUT2D eigenvalue weighted by Crippen LogP contribution is 2.23. The molecule has 0 bridgehead atoms. The van der Waals surface area contributed by atoms with E-state index >= 15 is 0 Å². The lowest BCUT2D eigenvalue weighted by atomic mass is 10.00. The molecule has 0 saturated carbocycles. The zero-order valence-electron chi connectivity index (χ0n) is 18.3. The molecule has 172 valence electrons. The van der Waals surface area contributed by atoms with Crippen LogP contribution in [0.15, 0.2) is 59.5 Å². The molecular formula is C24H29ClN2O4S. The van der Waals surface area contributed by atoms with Crippen LogP contribution in [0.5, 0.6) is 0 Å². The van der Waals surface area contributed by atoms with E-state index in [1.165, 1.54) is 12.1 Å². The van der Waals surface area contributed by atoms with Gasteiger partial charge in [0.2, 0.25) is 15.9 Å². The minimum Gasteiger partial charge on any atom is -0.331 e. The third-order valence-electron chi connectivity index (χ3n) is 5.53. The van der Waals surface area contributed by atoms with Crippen LogP contribution in [-0.2, 0) is 26.0 Å². The number of halogens is 1. The Morgan fingerprint density at radius 2 is 1.84 bits per heavy atom. The monoisotopic (exact) mass is 476 g/mol. The molecule has 3 rings (SSSR count). The molecule has 1 N–H and O–H groups in total. The molecular weight excluding hydrogens is 448 g/mol. The summed E-state index contributed by atoms with van der Waals surface area (Å²) in [5, 5.41) is 0.557. The third kappa shape index (κ3) is 6.18. The maximum atomic E-state index is 13.4. The molecule has 0 spiro atoms. The molecule has 0 aromatic heterocycles. The second-order valence-electron chi connectivity index (χ2n) is 8.58. The summed E-state index contributed by atoms with van der Waals surface area (Å²) in [6.07, 6.45) is 1.80. The Bertz CT molecular complexity index is 1060. The number of benzene rings is 2. The number of Topliss-reactive ketones (excluding diaryl/α,β-unsaturated/α-hetero) is 1. The molecule has 2 aromatic carbocycles. The molecule has 2 atom stereocenters. The molecule has 0 unspecified atom stereocenters. The first kappa shape index (κ1) is 24.4. The van der Waals surface area contributed by atoms with E-state index in [2.05, 4.69) is 4.72 Å². The fourth-order valence-electron chi connectivity index (χ4n) is 4.06. The maximum Gasteiger partial charge on any atom is 0.241 e. The normalized spacial score (nSPS) is 17.5. The molecule has 1 fully saturated rings. The summed E-state index contributed by atoms with van der Waals surface area (Å²) in [6.45, 7) is 4.30. The lowest BCUT2D eigenvalue weighted by Crippen LogP contribution is -2.52. The topological polar surface area (TPSA) is 83.6 Å². The molecule has 1 saturated heterocycles. The molecule has 32 heavy (non-hydrogen) atoms. The van der Waals surface area contributed by atoms with Gasteiger partial charge >= 0.3 is 0 Å². The summed E-state index contributed by atoms with van der Waals surface area (Å²) in [7, 11) is -3.87. The number of hydrogen-bond donors (Lipinski definition) is 1. The van der Waals surface area contributed by atoms with Crippen molar-refractivity contribution in [1.29, 1.82) is 0 Å². The van der Waals surface area contributed by atoms with Gasteiger partial charge in [-0.05, 0) is 55.0 Å². The van der Waals surface area contributed by atoms with Gasteiger partial charge < -0.3 is 4.90 Å². The van der Waals surface area contributed by atoms with Crippen molar-refractivity contribution >= 4 is 33.3 Å². The van der Waals surface area contributed by atoms with Crippen LogP contribution in [0, 0.1) is 5.92 Å². The molecule has 0 radical (unpaired) electrons. The number of carbonyl (C=O) groups excluding carboxylic acids is 2. The van der Waals surface area contributed by atoms with E-state index in [1.54, 1.807) is 41.3 Å². The van der Waals surface area contributed by atoms with Gasteiger partial charge in [0.25, 0.3) is 0 Å². The first-order chi connectivity index (χ1) is 15.2. The number of amides is 1. The first-order valence-electron chi connectivity index (χ1n) is 10.8. The number of carbonyl (C=O) groups is 2. The molecule has 0 aliphatic carbocycles. The largest absolute Gasteiger partial charge is 0.331 e. The zero-order chi connectivity index (χ0) is 23.3. The summed E-state index contributed by atoms with van der Waals surface area (Å²) in [4.78, 5) is 28.1. The number of likely N-dealkylation sites (tertiary alicyclic amines) is 1. The standard InChI is InChI=1S/C24H29ClN2O4S/c1-17(2)14-21(26-32(30,31)20-10-4-3-5-11-20)24(29)27-13-7-12-22(27)23(28)16-18-8-6-9-19(25)15-18/h3-6,8-11,15,17,21-22,26H,7,12-14,16H2,1-2H3/t21-,22+/m1/s1. The van der Waals surface area contributed by atoms with E-state index in [0.29, 0.717) is 30.8 Å². The summed E-state index contributed by atoms with van der Waals surface area (Å²) >= 11 is 6.03. The fourth-order valence-corrected chi connectivity index (χ4v) is 5.49. The summed E-state index contributed by atoms with van der Waals surface area (Å²) in [6, 6.07) is 13.6. The third-order valence-corrected chi connectivity index (χ3v) is 7.25. The quantitative estimate of drug-likeness (QED) is 0.596. The molecule has 1 heterocycles. The molecule has 6 nitrogen and oxygen atoms in total. The highest BCUT2D eigenvalue weighted by Gasteiger charge is 2.38. The minimum absolute atomic E-state index is 0.0627. The van der Waals surface area contributed by atoms with E-state index in [-0.39, 0.29) is 28.9 Å². The first-order valence-corrected chi connectivity index (χ1v) is 12.7. The van der Waals surface area contributed by atoms with Crippen molar-refractivity contribution in [3.8, 4) is 0 Å². The highest BCUT2D eigenvalue weighted by molar-refractivity contribution is 7.89. The molecule has 1 amide bonds.